The molecule has 7 nitrogen and oxygen atoms in total. The number of nitrogens with zero attached hydrogens (tertiary/aromatic N) is 1. The number of benzene rings is 2. The Bertz CT molecular complexity index is 1080. The van der Waals surface area contributed by atoms with Crippen molar-refractivity contribution in [1.29, 1.82) is 0 Å². The Kier molecular flexibility index (Phi) is 7.58. The zero-order valence-corrected chi connectivity index (χ0v) is 19.4. The van der Waals surface area contributed by atoms with E-state index < -0.39 is 17.1 Å². The molecule has 2 aromatic carbocycles. The molecule has 0 spiro atoms. The van der Waals surface area contributed by atoms with E-state index >= 15 is 0 Å². The highest BCUT2D eigenvalue weighted by Crippen LogP contribution is 2.35. The quantitative estimate of drug-likeness (QED) is 0.578. The predicted octanol–water partition coefficient (Wildman–Crippen LogP) is 4.78. The van der Waals surface area contributed by atoms with Gasteiger partial charge < -0.3 is 14.8 Å². The van der Waals surface area contributed by atoms with Crippen molar-refractivity contribution in [2.45, 2.75) is 27.7 Å². The van der Waals surface area contributed by atoms with E-state index in [0.717, 1.165) is 27.8 Å². The lowest BCUT2D eigenvalue weighted by Gasteiger charge is -2.14. The second-order valence-corrected chi connectivity index (χ2v) is 8.19. The number of carbonyl (C=O) groups is 3. The second kappa shape index (κ2) is 10.4. The Hall–Kier alpha value is -3.26. The Morgan fingerprint density at radius 3 is 2.50 bits per heavy atom. The molecule has 32 heavy (non-hydrogen) atoms. The maximum absolute atomic E-state index is 12.8. The highest BCUT2D eigenvalue weighted by Gasteiger charge is 2.36. The van der Waals surface area contributed by atoms with Crippen LogP contribution in [0.25, 0.3) is 6.08 Å². The van der Waals surface area contributed by atoms with E-state index in [0.29, 0.717) is 36.0 Å². The van der Waals surface area contributed by atoms with Gasteiger partial charge in [0.1, 0.15) is 18.0 Å². The van der Waals surface area contributed by atoms with Crippen molar-refractivity contribution >= 4 is 40.6 Å². The standard InChI is InChI=1S/C24H26N2O5S/c1-5-30-18-9-8-17(20(13-18)31-6-2)12-21-23(28)26(24(29)32-21)14-22(27)25-19-10-7-15(3)11-16(19)4/h7-13H,5-6,14H2,1-4H3,(H,25,27)/b21-12+. The molecular weight excluding hydrogens is 428 g/mol. The average molecular weight is 455 g/mol. The number of hydrogen-bond acceptors (Lipinski definition) is 6. The first-order chi connectivity index (χ1) is 15.3. The van der Waals surface area contributed by atoms with Gasteiger partial charge in [0.15, 0.2) is 0 Å². The van der Waals surface area contributed by atoms with Crippen molar-refractivity contribution in [2.75, 3.05) is 25.1 Å². The molecule has 0 saturated carbocycles. The van der Waals surface area contributed by atoms with Gasteiger partial charge in [-0.25, -0.2) is 0 Å². The summed E-state index contributed by atoms with van der Waals surface area (Å²) in [5.74, 6) is 0.269. The first-order valence-corrected chi connectivity index (χ1v) is 11.2. The largest absolute Gasteiger partial charge is 0.494 e. The molecule has 1 N–H and O–H groups in total. The summed E-state index contributed by atoms with van der Waals surface area (Å²) in [6.45, 7) is 8.21. The molecular formula is C24H26N2O5S. The molecule has 3 amide bonds. The van der Waals surface area contributed by atoms with Gasteiger partial charge in [-0.15, -0.1) is 0 Å². The zero-order valence-electron chi connectivity index (χ0n) is 18.6. The lowest BCUT2D eigenvalue weighted by atomic mass is 10.1. The molecule has 8 heteroatoms. The fourth-order valence-electron chi connectivity index (χ4n) is 3.24. The molecule has 0 aromatic heterocycles. The number of aryl methyl sites for hydroxylation is 2. The number of anilines is 1. The minimum absolute atomic E-state index is 0.236. The highest BCUT2D eigenvalue weighted by molar-refractivity contribution is 8.18. The summed E-state index contributed by atoms with van der Waals surface area (Å²) in [6, 6.07) is 10.9. The first-order valence-electron chi connectivity index (χ1n) is 10.3. The number of hydrogen-bond donors (Lipinski definition) is 1. The van der Waals surface area contributed by atoms with E-state index in [9.17, 15) is 14.4 Å². The molecule has 0 radical (unpaired) electrons. The van der Waals surface area contributed by atoms with E-state index in [-0.39, 0.29) is 11.4 Å². The van der Waals surface area contributed by atoms with E-state index in [1.807, 2.05) is 39.8 Å². The van der Waals surface area contributed by atoms with Crippen molar-refractivity contribution < 1.29 is 23.9 Å². The summed E-state index contributed by atoms with van der Waals surface area (Å²) in [5, 5.41) is 2.28. The number of ether oxygens (including phenoxy) is 2. The Morgan fingerprint density at radius 2 is 1.81 bits per heavy atom. The molecule has 0 bridgehead atoms. The molecule has 0 aliphatic carbocycles. The van der Waals surface area contributed by atoms with Gasteiger partial charge >= 0.3 is 0 Å². The molecule has 1 fully saturated rings. The van der Waals surface area contributed by atoms with Crippen LogP contribution < -0.4 is 14.8 Å². The van der Waals surface area contributed by atoms with Crippen molar-refractivity contribution in [3.8, 4) is 11.5 Å². The Balaban J connectivity index is 1.75. The number of carbonyl (C=O) groups excluding carboxylic acids is 3. The van der Waals surface area contributed by atoms with Crippen LogP contribution in [-0.2, 0) is 9.59 Å². The summed E-state index contributed by atoms with van der Waals surface area (Å²) in [4.78, 5) is 38.9. The first kappa shape index (κ1) is 23.4. The molecule has 2 aromatic rings. The molecule has 3 rings (SSSR count). The smallest absolute Gasteiger partial charge is 0.294 e. The van der Waals surface area contributed by atoms with Crippen LogP contribution in [0.5, 0.6) is 11.5 Å². The van der Waals surface area contributed by atoms with Crippen LogP contribution in [0.1, 0.15) is 30.5 Å². The minimum Gasteiger partial charge on any atom is -0.494 e. The van der Waals surface area contributed by atoms with E-state index in [1.54, 1.807) is 30.3 Å². The van der Waals surface area contributed by atoms with E-state index in [1.165, 1.54) is 0 Å². The van der Waals surface area contributed by atoms with Crippen LogP contribution >= 0.6 is 11.8 Å². The lowest BCUT2D eigenvalue weighted by Crippen LogP contribution is -2.36. The molecule has 1 aliphatic rings. The van der Waals surface area contributed by atoms with Gasteiger partial charge in [-0.3, -0.25) is 19.3 Å². The molecule has 1 saturated heterocycles. The summed E-state index contributed by atoms with van der Waals surface area (Å²) < 4.78 is 11.2. The SMILES string of the molecule is CCOc1ccc(/C=C2/SC(=O)N(CC(=O)Nc3ccc(C)cc3C)C2=O)c(OCC)c1. The van der Waals surface area contributed by atoms with Crippen LogP contribution in [0.3, 0.4) is 0 Å². The predicted molar refractivity (Wildman–Crippen MR) is 126 cm³/mol. The van der Waals surface area contributed by atoms with Gasteiger partial charge in [0, 0.05) is 17.3 Å². The number of thioether (sulfide) groups is 1. The third kappa shape index (κ3) is 5.50. The van der Waals surface area contributed by atoms with Gasteiger partial charge in [-0.2, -0.15) is 0 Å². The van der Waals surface area contributed by atoms with Crippen molar-refractivity contribution in [3.05, 3.63) is 58.0 Å². The minimum atomic E-state index is -0.507. The third-order valence-corrected chi connectivity index (χ3v) is 5.62. The normalized spacial score (nSPS) is 14.8. The Labute approximate surface area is 191 Å². The van der Waals surface area contributed by atoms with Gasteiger partial charge in [-0.1, -0.05) is 17.7 Å². The molecule has 1 heterocycles. The summed E-state index contributed by atoms with van der Waals surface area (Å²) in [6.07, 6.45) is 1.60. The van der Waals surface area contributed by atoms with Crippen LogP contribution in [0.2, 0.25) is 0 Å². The fourth-order valence-corrected chi connectivity index (χ4v) is 4.06. The topological polar surface area (TPSA) is 84.9 Å². The van der Waals surface area contributed by atoms with Crippen LogP contribution in [0.15, 0.2) is 41.3 Å². The highest BCUT2D eigenvalue weighted by atomic mass is 32.2. The number of rotatable bonds is 8. The van der Waals surface area contributed by atoms with E-state index in [4.69, 9.17) is 9.47 Å². The molecule has 0 unspecified atom stereocenters. The van der Waals surface area contributed by atoms with Crippen LogP contribution in [0.4, 0.5) is 10.5 Å². The number of amides is 3. The molecule has 1 aliphatic heterocycles. The summed E-state index contributed by atoms with van der Waals surface area (Å²) >= 11 is 0.803. The number of nitrogens with one attached hydrogen (secondary N) is 1. The molecule has 0 atom stereocenters. The van der Waals surface area contributed by atoms with Crippen LogP contribution in [-0.4, -0.2) is 41.7 Å². The van der Waals surface area contributed by atoms with Gasteiger partial charge in [0.25, 0.3) is 11.1 Å². The Morgan fingerprint density at radius 1 is 1.06 bits per heavy atom. The fraction of sp³-hybridized carbons (Fsp3) is 0.292. The zero-order chi connectivity index (χ0) is 23.3. The average Bonchev–Trinajstić information content (AvgIpc) is 3.00. The van der Waals surface area contributed by atoms with Gasteiger partial charge in [0.05, 0.1) is 18.1 Å². The molecule has 168 valence electrons. The van der Waals surface area contributed by atoms with Crippen molar-refractivity contribution in [3.63, 3.8) is 0 Å². The van der Waals surface area contributed by atoms with Crippen molar-refractivity contribution in [1.82, 2.24) is 4.90 Å². The summed E-state index contributed by atoms with van der Waals surface area (Å²) in [7, 11) is 0. The lowest BCUT2D eigenvalue weighted by molar-refractivity contribution is -0.127. The van der Waals surface area contributed by atoms with Crippen molar-refractivity contribution in [2.24, 2.45) is 0 Å². The number of imide groups is 1. The summed E-state index contributed by atoms with van der Waals surface area (Å²) in [5.41, 5.74) is 3.29. The maximum atomic E-state index is 12.8. The monoisotopic (exact) mass is 454 g/mol. The van der Waals surface area contributed by atoms with E-state index in [2.05, 4.69) is 5.32 Å². The van der Waals surface area contributed by atoms with Gasteiger partial charge in [-0.05, 0) is 69.3 Å². The van der Waals surface area contributed by atoms with Gasteiger partial charge in [0.2, 0.25) is 5.91 Å². The third-order valence-electron chi connectivity index (χ3n) is 4.71. The van der Waals surface area contributed by atoms with Crippen LogP contribution in [0, 0.1) is 13.8 Å². The maximum Gasteiger partial charge on any atom is 0.294 e. The second-order valence-electron chi connectivity index (χ2n) is 7.20.